The molecule has 0 saturated heterocycles. The van der Waals surface area contributed by atoms with Crippen molar-refractivity contribution in [2.75, 3.05) is 19.0 Å². The van der Waals surface area contributed by atoms with E-state index in [1.165, 1.54) is 6.07 Å². The summed E-state index contributed by atoms with van der Waals surface area (Å²) in [7, 11) is 1.64. The van der Waals surface area contributed by atoms with Gasteiger partial charge in [-0.2, -0.15) is 0 Å². The Morgan fingerprint density at radius 1 is 1.28 bits per heavy atom. The van der Waals surface area contributed by atoms with E-state index in [0.29, 0.717) is 23.8 Å². The molecule has 2 aromatic carbocycles. The van der Waals surface area contributed by atoms with Crippen molar-refractivity contribution in [3.63, 3.8) is 0 Å². The third-order valence-electron chi connectivity index (χ3n) is 4.68. The van der Waals surface area contributed by atoms with Crippen LogP contribution in [0, 0.1) is 12.7 Å². The Kier molecular flexibility index (Phi) is 7.19. The number of methoxy groups -OCH3 is 1. The molecule has 3 aromatic rings. The van der Waals surface area contributed by atoms with E-state index in [1.54, 1.807) is 31.8 Å². The number of hydrogen-bond donors (Lipinski definition) is 1. The molecule has 0 atom stereocenters. The molecule has 1 N–H and O–H groups in total. The minimum absolute atomic E-state index is 0.226. The van der Waals surface area contributed by atoms with Gasteiger partial charge in [-0.25, -0.2) is 9.37 Å². The zero-order valence-electron chi connectivity index (χ0n) is 16.6. The van der Waals surface area contributed by atoms with Crippen molar-refractivity contribution in [2.45, 2.75) is 26.4 Å². The Balaban J connectivity index is 1.71. The van der Waals surface area contributed by atoms with Crippen LogP contribution < -0.4 is 10.1 Å². The van der Waals surface area contributed by atoms with E-state index in [9.17, 15) is 4.39 Å². The smallest absolute Gasteiger partial charge is 0.173 e. The van der Waals surface area contributed by atoms with Crippen LogP contribution in [0.4, 0.5) is 10.1 Å². The maximum absolute atomic E-state index is 14.2. The summed E-state index contributed by atoms with van der Waals surface area (Å²) in [6.45, 7) is 3.90. The Morgan fingerprint density at radius 3 is 2.79 bits per heavy atom. The highest BCUT2D eigenvalue weighted by Gasteiger charge is 2.14. The number of aryl methyl sites for hydroxylation is 2. The first-order chi connectivity index (χ1) is 14.1. The monoisotopic (exact) mass is 412 g/mol. The van der Waals surface area contributed by atoms with Gasteiger partial charge in [-0.3, -0.25) is 0 Å². The summed E-state index contributed by atoms with van der Waals surface area (Å²) in [5.41, 5.74) is 2.55. The lowest BCUT2D eigenvalue weighted by Crippen LogP contribution is -2.36. The molecule has 1 aromatic heterocycles. The van der Waals surface area contributed by atoms with Gasteiger partial charge in [0.05, 0.1) is 13.4 Å². The van der Waals surface area contributed by atoms with E-state index < -0.39 is 0 Å². The predicted molar refractivity (Wildman–Crippen MR) is 118 cm³/mol. The van der Waals surface area contributed by atoms with Gasteiger partial charge in [-0.05, 0) is 55.4 Å². The summed E-state index contributed by atoms with van der Waals surface area (Å²) in [4.78, 5) is 6.06. The van der Waals surface area contributed by atoms with Gasteiger partial charge >= 0.3 is 0 Å². The van der Waals surface area contributed by atoms with Gasteiger partial charge in [0, 0.05) is 43.3 Å². The van der Waals surface area contributed by atoms with Gasteiger partial charge in [0.15, 0.2) is 5.11 Å². The second-order valence-corrected chi connectivity index (χ2v) is 7.16. The highest BCUT2D eigenvalue weighted by atomic mass is 32.1. The van der Waals surface area contributed by atoms with Crippen molar-refractivity contribution in [1.82, 2.24) is 14.5 Å². The molecule has 3 rings (SSSR count). The third kappa shape index (κ3) is 5.77. The third-order valence-corrected chi connectivity index (χ3v) is 5.05. The zero-order chi connectivity index (χ0) is 20.6. The molecule has 0 aliphatic carbocycles. The first-order valence-electron chi connectivity index (χ1n) is 9.46. The molecule has 0 aliphatic rings. The summed E-state index contributed by atoms with van der Waals surface area (Å²) >= 11 is 5.68. The Bertz CT molecular complexity index is 946. The van der Waals surface area contributed by atoms with E-state index >= 15 is 0 Å². The quantitative estimate of drug-likeness (QED) is 0.547. The van der Waals surface area contributed by atoms with Gasteiger partial charge in [0.2, 0.25) is 0 Å². The Hall–Kier alpha value is -2.93. The fourth-order valence-corrected chi connectivity index (χ4v) is 3.31. The average Bonchev–Trinajstić information content (AvgIpc) is 3.23. The number of ether oxygens (including phenoxy) is 1. The number of nitrogens with one attached hydrogen (secondary N) is 1. The first kappa shape index (κ1) is 20.8. The van der Waals surface area contributed by atoms with Crippen LogP contribution in [0.2, 0.25) is 0 Å². The largest absolute Gasteiger partial charge is 0.497 e. The van der Waals surface area contributed by atoms with E-state index in [-0.39, 0.29) is 5.82 Å². The number of thiocarbonyl (C=S) groups is 1. The molecule has 29 heavy (non-hydrogen) atoms. The highest BCUT2D eigenvalue weighted by molar-refractivity contribution is 7.80. The molecule has 0 unspecified atom stereocenters. The number of nitrogens with zero attached hydrogens (tertiary/aromatic N) is 3. The topological polar surface area (TPSA) is 42.3 Å². The molecule has 0 radical (unpaired) electrons. The molecule has 0 amide bonds. The van der Waals surface area contributed by atoms with Crippen LogP contribution in [-0.4, -0.2) is 33.2 Å². The summed E-state index contributed by atoms with van der Waals surface area (Å²) in [6, 6.07) is 12.6. The van der Waals surface area contributed by atoms with Gasteiger partial charge in [-0.15, -0.1) is 0 Å². The van der Waals surface area contributed by atoms with Crippen LogP contribution in [0.5, 0.6) is 5.75 Å². The minimum atomic E-state index is -0.226. The Labute approximate surface area is 176 Å². The molecule has 0 saturated carbocycles. The summed E-state index contributed by atoms with van der Waals surface area (Å²) in [6.07, 6.45) is 6.33. The number of anilines is 1. The fraction of sp³-hybridized carbons (Fsp3) is 0.273. The number of hydrogen-bond acceptors (Lipinski definition) is 3. The molecule has 1 heterocycles. The lowest BCUT2D eigenvalue weighted by atomic mass is 10.2. The van der Waals surface area contributed by atoms with Crippen LogP contribution in [0.3, 0.4) is 0 Å². The number of imidazole rings is 1. The van der Waals surface area contributed by atoms with Gasteiger partial charge in [-0.1, -0.05) is 18.2 Å². The number of aromatic nitrogens is 2. The standard InChI is InChI=1S/C22H25FN4OS/c1-17-14-19(28-2)8-9-21(17)25-22(29)27(12-5-11-26-13-10-24-16-26)15-18-6-3-4-7-20(18)23/h3-4,6-10,13-14,16H,5,11-12,15H2,1-2H3,(H,25,29). The number of benzene rings is 2. The first-order valence-corrected chi connectivity index (χ1v) is 9.87. The fourth-order valence-electron chi connectivity index (χ4n) is 3.05. The zero-order valence-corrected chi connectivity index (χ0v) is 17.5. The van der Waals surface area contributed by atoms with Crippen molar-refractivity contribution in [1.29, 1.82) is 0 Å². The van der Waals surface area contributed by atoms with E-state index in [0.717, 1.165) is 30.0 Å². The molecular weight excluding hydrogens is 387 g/mol. The van der Waals surface area contributed by atoms with Crippen molar-refractivity contribution < 1.29 is 9.13 Å². The maximum Gasteiger partial charge on any atom is 0.173 e. The summed E-state index contributed by atoms with van der Waals surface area (Å²) in [5.74, 6) is 0.568. The van der Waals surface area contributed by atoms with Crippen LogP contribution in [0.25, 0.3) is 0 Å². The predicted octanol–water partition coefficient (Wildman–Crippen LogP) is 4.63. The van der Waals surface area contributed by atoms with Crippen molar-refractivity contribution >= 4 is 23.0 Å². The Morgan fingerprint density at radius 2 is 2.10 bits per heavy atom. The molecular formula is C22H25FN4OS. The molecule has 0 bridgehead atoms. The van der Waals surface area contributed by atoms with E-state index in [1.807, 2.05) is 46.9 Å². The van der Waals surface area contributed by atoms with Crippen LogP contribution >= 0.6 is 12.2 Å². The van der Waals surface area contributed by atoms with Gasteiger partial charge < -0.3 is 19.5 Å². The number of rotatable bonds is 8. The molecule has 0 fully saturated rings. The van der Waals surface area contributed by atoms with Gasteiger partial charge in [0.1, 0.15) is 11.6 Å². The lowest BCUT2D eigenvalue weighted by molar-refractivity contribution is 0.388. The van der Waals surface area contributed by atoms with Crippen LogP contribution in [-0.2, 0) is 13.1 Å². The highest BCUT2D eigenvalue weighted by Crippen LogP contribution is 2.22. The van der Waals surface area contributed by atoms with E-state index in [2.05, 4.69) is 10.3 Å². The average molecular weight is 413 g/mol. The molecule has 0 aliphatic heterocycles. The molecule has 152 valence electrons. The number of halogens is 1. The SMILES string of the molecule is COc1ccc(NC(=S)N(CCCn2ccnc2)Cc2ccccc2F)c(C)c1. The second kappa shape index (κ2) is 10.0. The van der Waals surface area contributed by atoms with Crippen LogP contribution in [0.1, 0.15) is 17.5 Å². The maximum atomic E-state index is 14.2. The van der Waals surface area contributed by atoms with Gasteiger partial charge in [0.25, 0.3) is 0 Å². The molecule has 7 heteroatoms. The normalized spacial score (nSPS) is 10.6. The minimum Gasteiger partial charge on any atom is -0.497 e. The van der Waals surface area contributed by atoms with E-state index in [4.69, 9.17) is 17.0 Å². The summed E-state index contributed by atoms with van der Waals surface area (Å²) in [5, 5.41) is 3.87. The molecule has 0 spiro atoms. The summed E-state index contributed by atoms with van der Waals surface area (Å²) < 4.78 is 21.5. The molecule has 5 nitrogen and oxygen atoms in total. The van der Waals surface area contributed by atoms with Crippen molar-refractivity contribution in [3.05, 3.63) is 78.1 Å². The second-order valence-electron chi connectivity index (χ2n) is 6.78. The lowest BCUT2D eigenvalue weighted by Gasteiger charge is -2.27. The van der Waals surface area contributed by atoms with Crippen LogP contribution in [0.15, 0.2) is 61.2 Å². The van der Waals surface area contributed by atoms with Crippen molar-refractivity contribution in [3.8, 4) is 5.75 Å². The van der Waals surface area contributed by atoms with Crippen molar-refractivity contribution in [2.24, 2.45) is 0 Å².